The molecule has 0 aromatic heterocycles. The van der Waals surface area contributed by atoms with E-state index in [1.807, 2.05) is 18.2 Å². The maximum atomic E-state index is 11.4. The fraction of sp³-hybridized carbons (Fsp3) is 0.435. The number of carbonyl (C=O) groups is 1. The minimum Gasteiger partial charge on any atom is -0.496 e. The van der Waals surface area contributed by atoms with Gasteiger partial charge in [0, 0.05) is 24.9 Å². The fourth-order valence-corrected chi connectivity index (χ4v) is 3.26. The van der Waals surface area contributed by atoms with Crippen LogP contribution in [0.5, 0.6) is 11.5 Å². The lowest BCUT2D eigenvalue weighted by Crippen LogP contribution is -2.15. The highest BCUT2D eigenvalue weighted by molar-refractivity contribution is 5.69. The van der Waals surface area contributed by atoms with Crippen molar-refractivity contribution in [2.24, 2.45) is 0 Å². The van der Waals surface area contributed by atoms with E-state index in [1.165, 1.54) is 12.7 Å². The minimum absolute atomic E-state index is 0.192. The fourth-order valence-electron chi connectivity index (χ4n) is 3.26. The molecule has 2 aromatic carbocycles. The predicted octanol–water partition coefficient (Wildman–Crippen LogP) is 3.50. The van der Waals surface area contributed by atoms with E-state index in [4.69, 9.17) is 14.2 Å². The molecule has 2 aromatic rings. The molecule has 0 saturated heterocycles. The first-order valence-electron chi connectivity index (χ1n) is 9.50. The van der Waals surface area contributed by atoms with Gasteiger partial charge in [-0.3, -0.25) is 4.79 Å². The van der Waals surface area contributed by atoms with Crippen LogP contribution in [-0.4, -0.2) is 52.8 Å². The van der Waals surface area contributed by atoms with Crippen molar-refractivity contribution in [2.45, 2.75) is 25.7 Å². The van der Waals surface area contributed by atoms with Gasteiger partial charge in [-0.05, 0) is 49.7 Å². The summed E-state index contributed by atoms with van der Waals surface area (Å²) in [6, 6.07) is 12.4. The molecule has 28 heavy (non-hydrogen) atoms. The SMILES string of the molecule is COC(=O)CCc1cccc(Cc2c(OC)ccc(CCN(C)C)c2OC)c1. The molecule has 0 unspecified atom stereocenters. The summed E-state index contributed by atoms with van der Waals surface area (Å²) >= 11 is 0. The van der Waals surface area contributed by atoms with E-state index >= 15 is 0 Å². The average Bonchev–Trinajstić information content (AvgIpc) is 2.70. The van der Waals surface area contributed by atoms with Gasteiger partial charge in [-0.2, -0.15) is 0 Å². The van der Waals surface area contributed by atoms with Crippen molar-refractivity contribution < 1.29 is 19.0 Å². The molecule has 0 amide bonds. The first-order valence-corrected chi connectivity index (χ1v) is 9.50. The highest BCUT2D eigenvalue weighted by atomic mass is 16.5. The summed E-state index contributed by atoms with van der Waals surface area (Å²) < 4.78 is 16.1. The van der Waals surface area contributed by atoms with E-state index in [0.717, 1.165) is 41.2 Å². The largest absolute Gasteiger partial charge is 0.496 e. The monoisotopic (exact) mass is 385 g/mol. The van der Waals surface area contributed by atoms with E-state index in [0.29, 0.717) is 19.3 Å². The smallest absolute Gasteiger partial charge is 0.305 e. The third-order valence-electron chi connectivity index (χ3n) is 4.77. The van der Waals surface area contributed by atoms with Crippen LogP contribution in [0.15, 0.2) is 36.4 Å². The van der Waals surface area contributed by atoms with Gasteiger partial charge >= 0.3 is 5.97 Å². The van der Waals surface area contributed by atoms with Crippen LogP contribution in [0.2, 0.25) is 0 Å². The molecule has 0 aliphatic heterocycles. The molecule has 0 N–H and O–H groups in total. The highest BCUT2D eigenvalue weighted by Gasteiger charge is 2.16. The molecule has 152 valence electrons. The maximum Gasteiger partial charge on any atom is 0.305 e. The van der Waals surface area contributed by atoms with Crippen molar-refractivity contribution in [1.82, 2.24) is 4.90 Å². The number of carbonyl (C=O) groups excluding carboxylic acids is 1. The molecular weight excluding hydrogens is 354 g/mol. The Bertz CT molecular complexity index is 786. The van der Waals surface area contributed by atoms with Crippen molar-refractivity contribution in [2.75, 3.05) is 42.0 Å². The van der Waals surface area contributed by atoms with Crippen LogP contribution in [0.1, 0.15) is 28.7 Å². The quantitative estimate of drug-likeness (QED) is 0.586. The van der Waals surface area contributed by atoms with Crippen molar-refractivity contribution in [3.8, 4) is 11.5 Å². The Hall–Kier alpha value is -2.53. The number of nitrogens with zero attached hydrogens (tertiary/aromatic N) is 1. The van der Waals surface area contributed by atoms with Gasteiger partial charge in [0.25, 0.3) is 0 Å². The number of ether oxygens (including phenoxy) is 3. The van der Waals surface area contributed by atoms with E-state index in [9.17, 15) is 4.79 Å². The van der Waals surface area contributed by atoms with Gasteiger partial charge in [0.15, 0.2) is 0 Å². The Morgan fingerprint density at radius 2 is 1.71 bits per heavy atom. The molecule has 0 aliphatic carbocycles. The molecule has 0 fully saturated rings. The Kier molecular flexibility index (Phi) is 8.33. The van der Waals surface area contributed by atoms with Gasteiger partial charge in [0.05, 0.1) is 21.3 Å². The van der Waals surface area contributed by atoms with Crippen LogP contribution >= 0.6 is 0 Å². The molecule has 0 spiro atoms. The number of rotatable bonds is 10. The second-order valence-electron chi connectivity index (χ2n) is 7.06. The van der Waals surface area contributed by atoms with E-state index in [1.54, 1.807) is 14.2 Å². The molecule has 0 radical (unpaired) electrons. The zero-order chi connectivity index (χ0) is 20.5. The molecule has 0 aliphatic rings. The maximum absolute atomic E-state index is 11.4. The van der Waals surface area contributed by atoms with Gasteiger partial charge < -0.3 is 19.1 Å². The highest BCUT2D eigenvalue weighted by Crippen LogP contribution is 2.34. The Morgan fingerprint density at radius 1 is 0.964 bits per heavy atom. The van der Waals surface area contributed by atoms with Gasteiger partial charge in [0.1, 0.15) is 11.5 Å². The molecule has 0 bridgehead atoms. The third kappa shape index (κ3) is 5.99. The first kappa shape index (κ1) is 21.8. The topological polar surface area (TPSA) is 48.0 Å². The second kappa shape index (κ2) is 10.7. The van der Waals surface area contributed by atoms with Crippen LogP contribution in [0.25, 0.3) is 0 Å². The summed E-state index contributed by atoms with van der Waals surface area (Å²) in [7, 11) is 8.95. The Labute approximate surface area is 168 Å². The summed E-state index contributed by atoms with van der Waals surface area (Å²) in [5.41, 5.74) is 4.49. The molecule has 5 nitrogen and oxygen atoms in total. The van der Waals surface area contributed by atoms with Gasteiger partial charge in [-0.1, -0.05) is 30.3 Å². The first-order chi connectivity index (χ1) is 13.5. The van der Waals surface area contributed by atoms with Crippen LogP contribution in [0.4, 0.5) is 0 Å². The van der Waals surface area contributed by atoms with Crippen LogP contribution in [-0.2, 0) is 28.8 Å². The second-order valence-corrected chi connectivity index (χ2v) is 7.06. The predicted molar refractivity (Wildman–Crippen MR) is 111 cm³/mol. The lowest BCUT2D eigenvalue weighted by Gasteiger charge is -2.18. The van der Waals surface area contributed by atoms with Gasteiger partial charge in [-0.25, -0.2) is 0 Å². The zero-order valence-corrected chi connectivity index (χ0v) is 17.6. The Morgan fingerprint density at radius 3 is 2.36 bits per heavy atom. The summed E-state index contributed by atoms with van der Waals surface area (Å²) in [5.74, 6) is 1.52. The molecule has 2 rings (SSSR count). The van der Waals surface area contributed by atoms with Gasteiger partial charge in [-0.15, -0.1) is 0 Å². The average molecular weight is 386 g/mol. The normalized spacial score (nSPS) is 10.8. The van der Waals surface area contributed by atoms with E-state index in [2.05, 4.69) is 37.2 Å². The standard InChI is InChI=1S/C23H31NO4/c1-24(2)14-13-19-10-11-21(26-3)20(23(19)28-5)16-18-8-6-7-17(15-18)9-12-22(25)27-4/h6-8,10-11,15H,9,12-14,16H2,1-5H3. The van der Waals surface area contributed by atoms with Crippen LogP contribution < -0.4 is 9.47 Å². The number of benzene rings is 2. The molecular formula is C23H31NO4. The van der Waals surface area contributed by atoms with Crippen molar-refractivity contribution >= 4 is 5.97 Å². The number of esters is 1. The minimum atomic E-state index is -0.192. The molecule has 0 heterocycles. The summed E-state index contributed by atoms with van der Waals surface area (Å²) in [4.78, 5) is 13.6. The Balaban J connectivity index is 2.28. The van der Waals surface area contributed by atoms with Gasteiger partial charge in [0.2, 0.25) is 0 Å². The van der Waals surface area contributed by atoms with E-state index in [-0.39, 0.29) is 5.97 Å². The van der Waals surface area contributed by atoms with Crippen molar-refractivity contribution in [1.29, 1.82) is 0 Å². The number of likely N-dealkylation sites (N-methyl/N-ethyl adjacent to an activating group) is 1. The van der Waals surface area contributed by atoms with Crippen LogP contribution in [0, 0.1) is 0 Å². The summed E-state index contributed by atoms with van der Waals surface area (Å²) in [6.45, 7) is 0.950. The number of hydrogen-bond donors (Lipinski definition) is 0. The summed E-state index contributed by atoms with van der Waals surface area (Å²) in [5, 5.41) is 0. The number of hydrogen-bond acceptors (Lipinski definition) is 5. The van der Waals surface area contributed by atoms with Crippen LogP contribution in [0.3, 0.4) is 0 Å². The van der Waals surface area contributed by atoms with Crippen molar-refractivity contribution in [3.63, 3.8) is 0 Å². The summed E-state index contributed by atoms with van der Waals surface area (Å²) in [6.07, 6.45) is 2.66. The lowest BCUT2D eigenvalue weighted by molar-refractivity contribution is -0.140. The number of methoxy groups -OCH3 is 3. The molecule has 0 atom stereocenters. The number of aryl methyl sites for hydroxylation is 1. The molecule has 5 heteroatoms. The molecule has 0 saturated carbocycles. The van der Waals surface area contributed by atoms with Crippen molar-refractivity contribution in [3.05, 3.63) is 58.7 Å². The van der Waals surface area contributed by atoms with E-state index < -0.39 is 0 Å². The third-order valence-corrected chi connectivity index (χ3v) is 4.77. The zero-order valence-electron chi connectivity index (χ0n) is 17.6. The lowest BCUT2D eigenvalue weighted by atomic mass is 9.97.